The first-order valence-corrected chi connectivity index (χ1v) is 9.20. The van der Waals surface area contributed by atoms with Crippen molar-refractivity contribution in [3.05, 3.63) is 47.0 Å². The molecule has 0 aliphatic carbocycles. The lowest BCUT2D eigenvalue weighted by atomic mass is 10.0. The molecular weight excluding hydrogens is 399 g/mol. The number of H-pyrrole nitrogens is 1. The highest BCUT2D eigenvalue weighted by atomic mass is 35.5. The van der Waals surface area contributed by atoms with Crippen molar-refractivity contribution >= 4 is 35.7 Å². The van der Waals surface area contributed by atoms with Crippen LogP contribution in [0.25, 0.3) is 22.3 Å². The molecule has 0 spiro atoms. The summed E-state index contributed by atoms with van der Waals surface area (Å²) in [4.78, 5) is 20.0. The monoisotopic (exact) mass is 424 g/mol. The second-order valence-corrected chi connectivity index (χ2v) is 6.85. The van der Waals surface area contributed by atoms with E-state index < -0.39 is 0 Å². The summed E-state index contributed by atoms with van der Waals surface area (Å²) in [6, 6.07) is 8.15. The molecular formula is C20H26Cl2N4O2. The van der Waals surface area contributed by atoms with Crippen molar-refractivity contribution in [2.45, 2.75) is 38.3 Å². The van der Waals surface area contributed by atoms with Crippen LogP contribution in [0.15, 0.2) is 41.5 Å². The number of imidazole rings is 1. The van der Waals surface area contributed by atoms with E-state index in [0.717, 1.165) is 42.0 Å². The molecule has 28 heavy (non-hydrogen) atoms. The van der Waals surface area contributed by atoms with Crippen LogP contribution in [0, 0.1) is 0 Å². The van der Waals surface area contributed by atoms with E-state index >= 15 is 0 Å². The van der Waals surface area contributed by atoms with Gasteiger partial charge in [0, 0.05) is 31.0 Å². The second kappa shape index (κ2) is 9.96. The van der Waals surface area contributed by atoms with Crippen LogP contribution in [0.5, 0.6) is 5.75 Å². The van der Waals surface area contributed by atoms with Crippen LogP contribution in [-0.4, -0.2) is 34.2 Å². The average Bonchev–Trinajstić information content (AvgIpc) is 3.14. The molecule has 1 saturated heterocycles. The van der Waals surface area contributed by atoms with Crippen LogP contribution in [0.4, 0.5) is 0 Å². The largest absolute Gasteiger partial charge is 0.497 e. The smallest absolute Gasteiger partial charge is 0.259 e. The number of aromatic amines is 1. The van der Waals surface area contributed by atoms with Gasteiger partial charge in [-0.3, -0.25) is 4.79 Å². The molecule has 4 rings (SSSR count). The van der Waals surface area contributed by atoms with E-state index in [-0.39, 0.29) is 30.4 Å². The lowest BCUT2D eigenvalue weighted by Gasteiger charge is -2.23. The number of ether oxygens (including phenoxy) is 1. The topological polar surface area (TPSA) is 71.9 Å². The van der Waals surface area contributed by atoms with E-state index in [4.69, 9.17) is 4.74 Å². The summed E-state index contributed by atoms with van der Waals surface area (Å²) >= 11 is 0. The molecule has 1 aromatic carbocycles. The Kier molecular flexibility index (Phi) is 7.92. The number of methoxy groups -OCH3 is 1. The minimum absolute atomic E-state index is 0. The summed E-state index contributed by atoms with van der Waals surface area (Å²) in [6.07, 6.45) is 8.55. The Morgan fingerprint density at radius 1 is 1.25 bits per heavy atom. The molecule has 1 unspecified atom stereocenters. The summed E-state index contributed by atoms with van der Waals surface area (Å²) in [5, 5.41) is 4.54. The van der Waals surface area contributed by atoms with Crippen molar-refractivity contribution in [2.24, 2.45) is 0 Å². The number of nitrogens with zero attached hydrogens (tertiary/aromatic N) is 2. The molecule has 0 radical (unpaired) electrons. The Labute approximate surface area is 176 Å². The van der Waals surface area contributed by atoms with Gasteiger partial charge in [-0.25, -0.2) is 4.98 Å². The van der Waals surface area contributed by atoms with Gasteiger partial charge in [-0.1, -0.05) is 6.42 Å². The Hall–Kier alpha value is -2.02. The molecule has 152 valence electrons. The molecule has 1 fully saturated rings. The number of aryl methyl sites for hydroxylation is 1. The van der Waals surface area contributed by atoms with Gasteiger partial charge in [0.15, 0.2) is 0 Å². The predicted molar refractivity (Wildman–Crippen MR) is 117 cm³/mol. The van der Waals surface area contributed by atoms with Crippen LogP contribution in [0.1, 0.15) is 25.7 Å². The standard InChI is InChI=1S/C20H24N4O2.2ClH/c1-26-16-6-5-14-12-17(20(25)23-18(14)13-16)19-22-9-11-24(19)10-7-15-4-2-3-8-21-15;;/h5-6,9,11-13,15,21H,2-4,7-8,10H2,1H3,(H,23,25);2*1H. The maximum absolute atomic E-state index is 12.6. The van der Waals surface area contributed by atoms with Gasteiger partial charge in [0.05, 0.1) is 18.2 Å². The molecule has 3 aromatic rings. The van der Waals surface area contributed by atoms with E-state index in [0.29, 0.717) is 11.6 Å². The normalized spacial score (nSPS) is 16.2. The van der Waals surface area contributed by atoms with Crippen LogP contribution in [0.3, 0.4) is 0 Å². The van der Waals surface area contributed by atoms with Gasteiger partial charge in [-0.15, -0.1) is 24.8 Å². The lowest BCUT2D eigenvalue weighted by Crippen LogP contribution is -2.34. The number of rotatable bonds is 5. The highest BCUT2D eigenvalue weighted by Crippen LogP contribution is 2.22. The van der Waals surface area contributed by atoms with E-state index in [9.17, 15) is 4.79 Å². The van der Waals surface area contributed by atoms with E-state index in [1.165, 1.54) is 19.3 Å². The second-order valence-electron chi connectivity index (χ2n) is 6.85. The zero-order valence-electron chi connectivity index (χ0n) is 15.8. The number of piperidine rings is 1. The molecule has 8 heteroatoms. The zero-order valence-corrected chi connectivity index (χ0v) is 17.4. The average molecular weight is 425 g/mol. The van der Waals surface area contributed by atoms with Crippen molar-refractivity contribution in [1.82, 2.24) is 19.9 Å². The number of nitrogens with one attached hydrogen (secondary N) is 2. The lowest BCUT2D eigenvalue weighted by molar-refractivity contribution is 0.367. The molecule has 1 aliphatic rings. The molecule has 0 amide bonds. The van der Waals surface area contributed by atoms with Crippen LogP contribution >= 0.6 is 24.8 Å². The number of pyridine rings is 1. The SMILES string of the molecule is COc1ccc2cc(-c3nccn3CCC3CCCCN3)c(=O)[nH]c2c1.Cl.Cl. The Balaban J connectivity index is 0.00000140. The van der Waals surface area contributed by atoms with Crippen LogP contribution < -0.4 is 15.6 Å². The molecule has 2 aromatic heterocycles. The summed E-state index contributed by atoms with van der Waals surface area (Å²) in [5.74, 6) is 1.45. The number of aromatic nitrogens is 3. The fraction of sp³-hybridized carbons (Fsp3) is 0.400. The van der Waals surface area contributed by atoms with Gasteiger partial charge in [-0.2, -0.15) is 0 Å². The molecule has 1 atom stereocenters. The van der Waals surface area contributed by atoms with E-state index in [1.807, 2.05) is 30.5 Å². The van der Waals surface area contributed by atoms with Gasteiger partial charge in [0.1, 0.15) is 11.6 Å². The first-order chi connectivity index (χ1) is 12.7. The zero-order chi connectivity index (χ0) is 17.9. The summed E-state index contributed by atoms with van der Waals surface area (Å²) in [6.45, 7) is 1.96. The Morgan fingerprint density at radius 2 is 2.11 bits per heavy atom. The fourth-order valence-corrected chi connectivity index (χ4v) is 3.67. The number of benzene rings is 1. The number of hydrogen-bond donors (Lipinski definition) is 2. The maximum atomic E-state index is 12.6. The molecule has 0 bridgehead atoms. The predicted octanol–water partition coefficient (Wildman–Crippen LogP) is 3.78. The first kappa shape index (κ1) is 22.3. The van der Waals surface area contributed by atoms with Crippen molar-refractivity contribution in [2.75, 3.05) is 13.7 Å². The molecule has 6 nitrogen and oxygen atoms in total. The van der Waals surface area contributed by atoms with Crippen molar-refractivity contribution < 1.29 is 4.74 Å². The van der Waals surface area contributed by atoms with Gasteiger partial charge >= 0.3 is 0 Å². The number of fused-ring (bicyclic) bond motifs is 1. The van der Waals surface area contributed by atoms with Crippen molar-refractivity contribution in [3.8, 4) is 17.1 Å². The van der Waals surface area contributed by atoms with E-state index in [1.54, 1.807) is 13.3 Å². The van der Waals surface area contributed by atoms with Crippen LogP contribution in [-0.2, 0) is 6.54 Å². The van der Waals surface area contributed by atoms with Gasteiger partial charge in [-0.05, 0) is 49.4 Å². The third kappa shape index (κ3) is 4.69. The van der Waals surface area contributed by atoms with Gasteiger partial charge in [0.25, 0.3) is 5.56 Å². The third-order valence-electron chi connectivity index (χ3n) is 5.14. The first-order valence-electron chi connectivity index (χ1n) is 9.20. The molecule has 0 saturated carbocycles. The summed E-state index contributed by atoms with van der Waals surface area (Å²) < 4.78 is 7.31. The number of hydrogen-bond acceptors (Lipinski definition) is 4. The van der Waals surface area contributed by atoms with E-state index in [2.05, 4.69) is 19.9 Å². The summed E-state index contributed by atoms with van der Waals surface area (Å²) in [7, 11) is 1.62. The highest BCUT2D eigenvalue weighted by molar-refractivity contribution is 5.85. The minimum atomic E-state index is -0.131. The molecule has 2 N–H and O–H groups in total. The third-order valence-corrected chi connectivity index (χ3v) is 5.14. The van der Waals surface area contributed by atoms with Crippen molar-refractivity contribution in [3.63, 3.8) is 0 Å². The molecule has 3 heterocycles. The van der Waals surface area contributed by atoms with Crippen molar-refractivity contribution in [1.29, 1.82) is 0 Å². The van der Waals surface area contributed by atoms with Gasteiger partial charge < -0.3 is 19.6 Å². The Bertz CT molecular complexity index is 964. The van der Waals surface area contributed by atoms with Crippen LogP contribution in [0.2, 0.25) is 0 Å². The Morgan fingerprint density at radius 3 is 2.86 bits per heavy atom. The highest BCUT2D eigenvalue weighted by Gasteiger charge is 2.15. The maximum Gasteiger partial charge on any atom is 0.259 e. The quantitative estimate of drug-likeness (QED) is 0.653. The molecule has 1 aliphatic heterocycles. The minimum Gasteiger partial charge on any atom is -0.497 e. The van der Waals surface area contributed by atoms with Gasteiger partial charge in [0.2, 0.25) is 0 Å². The summed E-state index contributed by atoms with van der Waals surface area (Å²) in [5.41, 5.74) is 1.24. The fourth-order valence-electron chi connectivity index (χ4n) is 3.67. The number of halogens is 2.